The van der Waals surface area contributed by atoms with Gasteiger partial charge in [-0.25, -0.2) is 0 Å². The van der Waals surface area contributed by atoms with Gasteiger partial charge in [0, 0.05) is 0 Å². The standard InChI is InChI=1S/C19H23O4P.Li.H/c1-5-11-23-14-9-10-17(13(2)12-14)24-19(20)18-15(21-3)7-6-8-16(18)22-4;;/h6-10,12,24H,5,11H2,1-4H3;;/q;+1;-1. The van der Waals surface area contributed by atoms with Gasteiger partial charge in [-0.05, 0) is 57.1 Å². The van der Waals surface area contributed by atoms with Crippen LogP contribution in [0.4, 0.5) is 0 Å². The Morgan fingerprint density at radius 3 is 2.28 bits per heavy atom. The Morgan fingerprint density at radius 1 is 1.12 bits per heavy atom. The van der Waals surface area contributed by atoms with Crippen LogP contribution in [0.2, 0.25) is 0 Å². The van der Waals surface area contributed by atoms with Gasteiger partial charge in [0.1, 0.15) is 22.8 Å². The number of hydrogen-bond acceptors (Lipinski definition) is 4. The first-order valence-electron chi connectivity index (χ1n) is 7.86. The normalized spacial score (nSPS) is 10.4. The molecule has 0 fully saturated rings. The molecule has 0 aromatic heterocycles. The van der Waals surface area contributed by atoms with E-state index in [9.17, 15) is 4.79 Å². The number of hydrogen-bond donors (Lipinski definition) is 0. The Morgan fingerprint density at radius 2 is 1.76 bits per heavy atom. The van der Waals surface area contributed by atoms with Crippen LogP contribution in [0.1, 0.15) is 30.7 Å². The monoisotopic (exact) mass is 354 g/mol. The van der Waals surface area contributed by atoms with Crippen molar-refractivity contribution in [3.8, 4) is 17.2 Å². The van der Waals surface area contributed by atoms with Gasteiger partial charge in [-0.15, -0.1) is 0 Å². The van der Waals surface area contributed by atoms with E-state index in [1.54, 1.807) is 26.4 Å². The van der Waals surface area contributed by atoms with Gasteiger partial charge in [0.2, 0.25) is 0 Å². The summed E-state index contributed by atoms with van der Waals surface area (Å²) in [5.41, 5.74) is 1.53. The maximum atomic E-state index is 12.8. The molecule has 0 N–H and O–H groups in total. The van der Waals surface area contributed by atoms with Crippen molar-refractivity contribution in [2.45, 2.75) is 20.3 Å². The van der Waals surface area contributed by atoms with Gasteiger partial charge in [-0.1, -0.05) is 19.1 Å². The first kappa shape index (κ1) is 21.6. The summed E-state index contributed by atoms with van der Waals surface area (Å²) in [5.74, 6) is 1.91. The molecule has 0 aliphatic heterocycles. The zero-order valence-corrected chi connectivity index (χ0v) is 16.5. The average Bonchev–Trinajstić information content (AvgIpc) is 2.61. The molecule has 0 spiro atoms. The summed E-state index contributed by atoms with van der Waals surface area (Å²) in [4.78, 5) is 12.8. The largest absolute Gasteiger partial charge is 1.00 e. The molecule has 0 amide bonds. The Bertz CT molecular complexity index is 702. The predicted octanol–water partition coefficient (Wildman–Crippen LogP) is 1.06. The molecule has 0 saturated heterocycles. The summed E-state index contributed by atoms with van der Waals surface area (Å²) in [5, 5.41) is 0.997. The van der Waals surface area contributed by atoms with E-state index in [1.807, 2.05) is 31.2 Å². The Hall–Kier alpha value is -1.46. The van der Waals surface area contributed by atoms with Crippen LogP contribution in [0, 0.1) is 6.92 Å². The van der Waals surface area contributed by atoms with Gasteiger partial charge >= 0.3 is 18.9 Å². The van der Waals surface area contributed by atoms with Crippen molar-refractivity contribution < 1.29 is 39.3 Å². The molecular formula is C19H24LiO4P. The number of ether oxygens (including phenoxy) is 3. The zero-order chi connectivity index (χ0) is 17.5. The van der Waals surface area contributed by atoms with Crippen molar-refractivity contribution in [1.82, 2.24) is 0 Å². The van der Waals surface area contributed by atoms with E-state index in [2.05, 4.69) is 6.92 Å². The van der Waals surface area contributed by atoms with Crippen LogP contribution < -0.4 is 38.4 Å². The molecule has 0 saturated carbocycles. The molecule has 2 rings (SSSR count). The van der Waals surface area contributed by atoms with Gasteiger partial charge in [0.15, 0.2) is 5.52 Å². The van der Waals surface area contributed by atoms with Crippen molar-refractivity contribution in [3.63, 3.8) is 0 Å². The van der Waals surface area contributed by atoms with Crippen molar-refractivity contribution in [1.29, 1.82) is 0 Å². The Kier molecular flexibility index (Phi) is 9.07. The third kappa shape index (κ3) is 5.51. The zero-order valence-electron chi connectivity index (χ0n) is 16.5. The Balaban J connectivity index is 0.00000312. The van der Waals surface area contributed by atoms with Crippen molar-refractivity contribution in [2.75, 3.05) is 20.8 Å². The maximum Gasteiger partial charge on any atom is 1.00 e. The second kappa shape index (κ2) is 10.5. The fraction of sp³-hybridized carbons (Fsp3) is 0.316. The fourth-order valence-corrected chi connectivity index (χ4v) is 3.40. The molecule has 0 radical (unpaired) electrons. The van der Waals surface area contributed by atoms with Crippen LogP contribution in [0.5, 0.6) is 17.2 Å². The minimum Gasteiger partial charge on any atom is -1.00 e. The van der Waals surface area contributed by atoms with E-state index in [0.29, 0.717) is 23.7 Å². The number of carbonyl (C=O) groups is 1. The Labute approximate surface area is 164 Å². The molecule has 2 aromatic carbocycles. The van der Waals surface area contributed by atoms with E-state index >= 15 is 0 Å². The molecule has 0 aliphatic carbocycles. The summed E-state index contributed by atoms with van der Waals surface area (Å²) < 4.78 is 16.3. The molecule has 0 heterocycles. The van der Waals surface area contributed by atoms with Crippen LogP contribution in [0.15, 0.2) is 36.4 Å². The SMILES string of the molecule is CCCOc1ccc(PC(=O)c2c(OC)cccc2OC)c(C)c1.[H-].[Li+]. The topological polar surface area (TPSA) is 44.8 Å². The van der Waals surface area contributed by atoms with E-state index in [1.165, 1.54) is 0 Å². The summed E-state index contributed by atoms with van der Waals surface area (Å²) in [6, 6.07) is 11.2. The van der Waals surface area contributed by atoms with E-state index in [0.717, 1.165) is 23.0 Å². The summed E-state index contributed by atoms with van der Waals surface area (Å²) in [6.45, 7) is 4.76. The van der Waals surface area contributed by atoms with Crippen LogP contribution >= 0.6 is 8.58 Å². The van der Waals surface area contributed by atoms with Gasteiger partial charge in [-0.3, -0.25) is 4.79 Å². The number of carbonyl (C=O) groups excluding carboxylic acids is 1. The van der Waals surface area contributed by atoms with Crippen molar-refractivity contribution in [3.05, 3.63) is 47.5 Å². The van der Waals surface area contributed by atoms with E-state index in [-0.39, 0.29) is 34.4 Å². The second-order valence-corrected chi connectivity index (χ2v) is 6.56. The molecule has 2 aromatic rings. The summed E-state index contributed by atoms with van der Waals surface area (Å²) in [6.07, 6.45) is 0.967. The summed E-state index contributed by atoms with van der Waals surface area (Å²) in [7, 11) is 3.11. The van der Waals surface area contributed by atoms with E-state index in [4.69, 9.17) is 14.2 Å². The van der Waals surface area contributed by atoms with Crippen LogP contribution in [0.25, 0.3) is 0 Å². The van der Waals surface area contributed by atoms with Crippen LogP contribution in [-0.4, -0.2) is 26.4 Å². The van der Waals surface area contributed by atoms with Crippen molar-refractivity contribution >= 4 is 19.4 Å². The molecule has 1 unspecified atom stereocenters. The van der Waals surface area contributed by atoms with Crippen LogP contribution in [-0.2, 0) is 0 Å². The molecule has 130 valence electrons. The van der Waals surface area contributed by atoms with Crippen LogP contribution in [0.3, 0.4) is 0 Å². The quantitative estimate of drug-likeness (QED) is 0.525. The first-order valence-corrected chi connectivity index (χ1v) is 8.86. The smallest absolute Gasteiger partial charge is 1.00 e. The van der Waals surface area contributed by atoms with E-state index < -0.39 is 0 Å². The fourth-order valence-electron chi connectivity index (χ4n) is 2.35. The third-order valence-corrected chi connectivity index (χ3v) is 4.88. The number of methoxy groups -OCH3 is 2. The predicted molar refractivity (Wildman–Crippen MR) is 99.9 cm³/mol. The minimum absolute atomic E-state index is 0. The van der Waals surface area contributed by atoms with Gasteiger partial charge in [-0.2, -0.15) is 0 Å². The average molecular weight is 354 g/mol. The third-order valence-electron chi connectivity index (χ3n) is 3.57. The van der Waals surface area contributed by atoms with Gasteiger partial charge in [0.05, 0.1) is 20.8 Å². The molecule has 0 aliphatic rings. The number of rotatable bonds is 8. The molecular weight excluding hydrogens is 330 g/mol. The van der Waals surface area contributed by atoms with Crippen molar-refractivity contribution in [2.24, 2.45) is 0 Å². The molecule has 1 atom stereocenters. The molecule has 6 heteroatoms. The number of aryl methyl sites for hydroxylation is 1. The molecule has 0 bridgehead atoms. The second-order valence-electron chi connectivity index (χ2n) is 5.32. The summed E-state index contributed by atoms with van der Waals surface area (Å²) >= 11 is 0. The number of benzene rings is 2. The molecule has 25 heavy (non-hydrogen) atoms. The minimum atomic E-state index is -0.00498. The van der Waals surface area contributed by atoms with Gasteiger partial charge in [0.25, 0.3) is 0 Å². The first-order chi connectivity index (χ1) is 11.6. The maximum absolute atomic E-state index is 12.8. The molecule has 4 nitrogen and oxygen atoms in total. The van der Waals surface area contributed by atoms with Gasteiger partial charge < -0.3 is 15.6 Å².